The third-order valence-electron chi connectivity index (χ3n) is 8.96. The molecule has 0 aliphatic carbocycles. The molecule has 2 heterocycles. The van der Waals surface area contributed by atoms with Crippen molar-refractivity contribution in [1.29, 1.82) is 0 Å². The molecule has 0 spiro atoms. The molecule has 0 radical (unpaired) electrons. The molecule has 0 saturated carbocycles. The van der Waals surface area contributed by atoms with E-state index in [1.54, 1.807) is 36.4 Å². The molecule has 1 aliphatic heterocycles. The second-order valence-corrected chi connectivity index (χ2v) is 13.3. The second kappa shape index (κ2) is 16.5. The Balaban J connectivity index is 0.000000235. The van der Waals surface area contributed by atoms with Gasteiger partial charge in [0.2, 0.25) is 0 Å². The van der Waals surface area contributed by atoms with Crippen molar-refractivity contribution in [3.8, 4) is 11.5 Å². The van der Waals surface area contributed by atoms with Crippen LogP contribution in [0, 0.1) is 6.92 Å². The molecular formula is C45H36N2O6S. The summed E-state index contributed by atoms with van der Waals surface area (Å²) in [6.07, 6.45) is 1.12. The summed E-state index contributed by atoms with van der Waals surface area (Å²) in [7, 11) is 0. The number of aromatic nitrogens is 2. The Kier molecular flexibility index (Phi) is 11.0. The number of nitrogens with zero attached hydrogens (tertiary/aromatic N) is 2. The molecule has 8 rings (SSSR count). The Hall–Kier alpha value is -6.42. The molecule has 1 aromatic heterocycles. The number of aldehydes is 1. The van der Waals surface area contributed by atoms with E-state index in [4.69, 9.17) is 14.2 Å². The monoisotopic (exact) mass is 732 g/mol. The third kappa shape index (κ3) is 8.44. The maximum atomic E-state index is 13.3. The van der Waals surface area contributed by atoms with Gasteiger partial charge in [0.15, 0.2) is 0 Å². The summed E-state index contributed by atoms with van der Waals surface area (Å²) in [5.74, 6) is -0.957. The number of hydrogen-bond acceptors (Lipinski definition) is 9. The fourth-order valence-corrected chi connectivity index (χ4v) is 6.54. The highest BCUT2D eigenvalue weighted by atomic mass is 32.1. The minimum absolute atomic E-state index is 0.303. The van der Waals surface area contributed by atoms with Gasteiger partial charge in [-0.3, -0.25) is 4.79 Å². The average molecular weight is 733 g/mol. The van der Waals surface area contributed by atoms with Gasteiger partial charge in [0.1, 0.15) is 42.0 Å². The van der Waals surface area contributed by atoms with E-state index >= 15 is 0 Å². The van der Waals surface area contributed by atoms with Crippen LogP contribution in [-0.4, -0.2) is 26.1 Å². The van der Waals surface area contributed by atoms with E-state index in [0.29, 0.717) is 53.0 Å². The van der Waals surface area contributed by atoms with E-state index in [0.717, 1.165) is 57.3 Å². The van der Waals surface area contributed by atoms with Gasteiger partial charge in [-0.05, 0) is 77.7 Å². The van der Waals surface area contributed by atoms with Crippen molar-refractivity contribution >= 4 is 40.6 Å². The van der Waals surface area contributed by atoms with Crippen molar-refractivity contribution in [2.75, 3.05) is 0 Å². The standard InChI is InChI=1S/C31H24N2O4S.C14H12O2/c1-20-7-12-24(13-8-20)31(35)26(29(30(34)37-31)23-11-16-27-28(18-23)33-38-32-27)17-21-9-14-25(15-10-21)36-19-22-5-3-2-4-6-22;15-10-12-6-8-14(9-7-12)16-11-13-4-2-1-3-5-13/h2-16,18,35H,17,19H2,1H3;1-10H,11H2. The molecule has 6 aromatic carbocycles. The Bertz CT molecular complexity index is 2380. The summed E-state index contributed by atoms with van der Waals surface area (Å²) in [6.45, 7) is 2.98. The molecule has 0 amide bonds. The molecule has 9 heteroatoms. The summed E-state index contributed by atoms with van der Waals surface area (Å²) in [5.41, 5.74) is 8.23. The van der Waals surface area contributed by atoms with E-state index in [-0.39, 0.29) is 0 Å². The van der Waals surface area contributed by atoms with Crippen LogP contribution in [-0.2, 0) is 35.0 Å². The van der Waals surface area contributed by atoms with Crippen molar-refractivity contribution in [1.82, 2.24) is 8.75 Å². The van der Waals surface area contributed by atoms with Crippen LogP contribution in [0.25, 0.3) is 16.6 Å². The first kappa shape index (κ1) is 36.0. The molecule has 0 bridgehead atoms. The number of benzene rings is 6. The Morgan fingerprint density at radius 2 is 1.26 bits per heavy atom. The van der Waals surface area contributed by atoms with Crippen molar-refractivity contribution in [2.24, 2.45) is 0 Å². The normalized spacial score (nSPS) is 15.0. The van der Waals surface area contributed by atoms with E-state index in [1.165, 1.54) is 0 Å². The Morgan fingerprint density at radius 3 is 1.85 bits per heavy atom. The smallest absolute Gasteiger partial charge is 0.342 e. The molecule has 268 valence electrons. The number of carbonyl (C=O) groups excluding carboxylic acids is 2. The van der Waals surface area contributed by atoms with Crippen molar-refractivity contribution in [3.63, 3.8) is 0 Å². The summed E-state index contributed by atoms with van der Waals surface area (Å²) < 4.78 is 25.8. The van der Waals surface area contributed by atoms with Crippen LogP contribution in [0.5, 0.6) is 11.5 Å². The average Bonchev–Trinajstić information content (AvgIpc) is 3.79. The molecule has 0 fully saturated rings. The van der Waals surface area contributed by atoms with Gasteiger partial charge >= 0.3 is 5.97 Å². The second-order valence-electron chi connectivity index (χ2n) is 12.8. The molecule has 1 unspecified atom stereocenters. The van der Waals surface area contributed by atoms with E-state index in [2.05, 4.69) is 8.75 Å². The van der Waals surface area contributed by atoms with Crippen LogP contribution in [0.1, 0.15) is 43.7 Å². The predicted octanol–water partition coefficient (Wildman–Crippen LogP) is 9.06. The zero-order valence-corrected chi connectivity index (χ0v) is 30.2. The van der Waals surface area contributed by atoms with Crippen LogP contribution < -0.4 is 9.47 Å². The van der Waals surface area contributed by atoms with Crippen molar-refractivity contribution < 1.29 is 28.9 Å². The summed E-state index contributed by atoms with van der Waals surface area (Å²) >= 11 is 1.12. The zero-order valence-electron chi connectivity index (χ0n) is 29.4. The predicted molar refractivity (Wildman–Crippen MR) is 209 cm³/mol. The van der Waals surface area contributed by atoms with Gasteiger partial charge in [-0.2, -0.15) is 8.75 Å². The molecule has 0 saturated heterocycles. The van der Waals surface area contributed by atoms with Gasteiger partial charge in [0, 0.05) is 23.1 Å². The number of aryl methyl sites for hydroxylation is 1. The van der Waals surface area contributed by atoms with Crippen LogP contribution >= 0.6 is 11.7 Å². The highest BCUT2D eigenvalue weighted by molar-refractivity contribution is 7.00. The molecule has 1 N–H and O–H groups in total. The summed E-state index contributed by atoms with van der Waals surface area (Å²) in [4.78, 5) is 23.7. The lowest BCUT2D eigenvalue weighted by Gasteiger charge is -2.26. The molecule has 1 atom stereocenters. The topological polar surface area (TPSA) is 108 Å². The number of fused-ring (bicyclic) bond motifs is 1. The van der Waals surface area contributed by atoms with Gasteiger partial charge in [0.05, 0.1) is 17.3 Å². The molecule has 1 aliphatic rings. The van der Waals surface area contributed by atoms with Gasteiger partial charge in [-0.15, -0.1) is 0 Å². The fraction of sp³-hybridized carbons (Fsp3) is 0.111. The lowest BCUT2D eigenvalue weighted by Crippen LogP contribution is -2.29. The maximum Gasteiger partial charge on any atom is 0.342 e. The zero-order chi connectivity index (χ0) is 37.3. The van der Waals surface area contributed by atoms with Gasteiger partial charge in [-0.1, -0.05) is 109 Å². The van der Waals surface area contributed by atoms with E-state index in [9.17, 15) is 14.7 Å². The van der Waals surface area contributed by atoms with Crippen LogP contribution in [0.2, 0.25) is 0 Å². The lowest BCUT2D eigenvalue weighted by molar-refractivity contribution is -0.185. The summed E-state index contributed by atoms with van der Waals surface area (Å²) in [6, 6.07) is 47.5. The number of cyclic esters (lactones) is 1. The first-order chi connectivity index (χ1) is 26.4. The Morgan fingerprint density at radius 1 is 0.685 bits per heavy atom. The first-order valence-corrected chi connectivity index (χ1v) is 18.1. The van der Waals surface area contributed by atoms with Crippen molar-refractivity contribution in [3.05, 3.63) is 196 Å². The molecule has 54 heavy (non-hydrogen) atoms. The van der Waals surface area contributed by atoms with Gasteiger partial charge in [-0.25, -0.2) is 4.79 Å². The number of ether oxygens (including phenoxy) is 3. The number of rotatable bonds is 11. The number of esters is 1. The maximum absolute atomic E-state index is 13.3. The van der Waals surface area contributed by atoms with E-state index in [1.807, 2.05) is 122 Å². The van der Waals surface area contributed by atoms with Crippen molar-refractivity contribution in [2.45, 2.75) is 32.3 Å². The van der Waals surface area contributed by atoms with Gasteiger partial charge in [0.25, 0.3) is 5.79 Å². The highest BCUT2D eigenvalue weighted by Gasteiger charge is 2.48. The number of carbonyl (C=O) groups is 2. The SMILES string of the molecule is Cc1ccc(C2(O)OC(=O)C(c3ccc4nsnc4c3)=C2Cc2ccc(OCc3ccccc3)cc2)cc1.O=Cc1ccc(OCc2ccccc2)cc1. The summed E-state index contributed by atoms with van der Waals surface area (Å²) in [5, 5.41) is 11.9. The first-order valence-electron chi connectivity index (χ1n) is 17.3. The molecular weight excluding hydrogens is 697 g/mol. The number of aliphatic hydroxyl groups is 1. The minimum Gasteiger partial charge on any atom is -0.489 e. The quantitative estimate of drug-likeness (QED) is 0.104. The highest BCUT2D eigenvalue weighted by Crippen LogP contribution is 2.45. The molecule has 8 nitrogen and oxygen atoms in total. The third-order valence-corrected chi connectivity index (χ3v) is 9.51. The largest absolute Gasteiger partial charge is 0.489 e. The molecule has 7 aromatic rings. The van der Waals surface area contributed by atoms with Crippen LogP contribution in [0.3, 0.4) is 0 Å². The minimum atomic E-state index is -1.89. The van der Waals surface area contributed by atoms with Gasteiger partial charge < -0.3 is 19.3 Å². The number of hydrogen-bond donors (Lipinski definition) is 1. The van der Waals surface area contributed by atoms with Crippen LogP contribution in [0.4, 0.5) is 0 Å². The lowest BCUT2D eigenvalue weighted by atomic mass is 9.88. The van der Waals surface area contributed by atoms with E-state index < -0.39 is 11.8 Å². The Labute approximate surface area is 317 Å². The van der Waals surface area contributed by atoms with Crippen LogP contribution in [0.15, 0.2) is 157 Å². The fourth-order valence-electron chi connectivity index (χ4n) is 6.02.